The maximum atomic E-state index is 14.2. The van der Waals surface area contributed by atoms with E-state index >= 15 is 0 Å². The van der Waals surface area contributed by atoms with E-state index < -0.39 is 5.82 Å². The average molecular weight is 317 g/mol. The Balaban J connectivity index is 1.73. The Labute approximate surface area is 134 Å². The first-order valence-electron chi connectivity index (χ1n) is 7.79. The quantitative estimate of drug-likeness (QED) is 0.941. The van der Waals surface area contributed by atoms with Crippen molar-refractivity contribution in [1.82, 2.24) is 14.7 Å². The Bertz CT molecular complexity index is 687. The van der Waals surface area contributed by atoms with Crippen LogP contribution in [0, 0.1) is 11.7 Å². The van der Waals surface area contributed by atoms with Crippen LogP contribution in [0.1, 0.15) is 29.6 Å². The number of aromatic nitrogens is 2. The predicted molar refractivity (Wildman–Crippen MR) is 83.8 cm³/mol. The van der Waals surface area contributed by atoms with Gasteiger partial charge >= 0.3 is 0 Å². The van der Waals surface area contributed by atoms with Crippen LogP contribution in [0.4, 0.5) is 4.39 Å². The lowest BCUT2D eigenvalue weighted by molar-refractivity contribution is 0.0693. The smallest absolute Gasteiger partial charge is 0.253 e. The van der Waals surface area contributed by atoms with Crippen LogP contribution in [0.15, 0.2) is 36.7 Å². The Morgan fingerprint density at radius 1 is 1.48 bits per heavy atom. The molecule has 1 aromatic heterocycles. The van der Waals surface area contributed by atoms with Crippen LogP contribution >= 0.6 is 0 Å². The molecule has 1 fully saturated rings. The van der Waals surface area contributed by atoms with E-state index in [2.05, 4.69) is 5.10 Å². The van der Waals surface area contributed by atoms with Crippen LogP contribution < -0.4 is 0 Å². The van der Waals surface area contributed by atoms with Crippen LogP contribution in [-0.4, -0.2) is 45.4 Å². The molecule has 5 nitrogen and oxygen atoms in total. The highest BCUT2D eigenvalue weighted by molar-refractivity contribution is 5.94. The predicted octanol–water partition coefficient (Wildman–Crippen LogP) is 2.24. The van der Waals surface area contributed by atoms with E-state index in [9.17, 15) is 14.3 Å². The summed E-state index contributed by atoms with van der Waals surface area (Å²) in [5.41, 5.74) is 0.605. The minimum absolute atomic E-state index is 0.108. The first kappa shape index (κ1) is 15.7. The summed E-state index contributed by atoms with van der Waals surface area (Å²) in [6, 6.07) is 6.10. The van der Waals surface area contributed by atoms with Crippen LogP contribution in [0.5, 0.6) is 0 Å². The highest BCUT2D eigenvalue weighted by Gasteiger charge is 2.27. The largest absolute Gasteiger partial charge is 0.393 e. The zero-order chi connectivity index (χ0) is 16.4. The van der Waals surface area contributed by atoms with Gasteiger partial charge in [0.25, 0.3) is 5.91 Å². The molecule has 2 atom stereocenters. The van der Waals surface area contributed by atoms with E-state index in [4.69, 9.17) is 0 Å². The van der Waals surface area contributed by atoms with Crippen molar-refractivity contribution in [2.24, 2.45) is 5.92 Å². The fraction of sp³-hybridized carbons (Fsp3) is 0.412. The number of aliphatic hydroxyl groups excluding tert-OH is 1. The van der Waals surface area contributed by atoms with Gasteiger partial charge in [-0.05, 0) is 37.1 Å². The molecule has 122 valence electrons. The SMILES string of the molecule is CN(CC1CCCC1O)C(=O)c1ccc(-n2cccn2)c(F)c1. The van der Waals surface area contributed by atoms with E-state index in [1.54, 1.807) is 42.5 Å². The molecule has 3 rings (SSSR count). The number of carbonyl (C=O) groups excluding carboxylic acids is 1. The Morgan fingerprint density at radius 2 is 2.30 bits per heavy atom. The molecular formula is C17H20FN3O2. The molecule has 0 aliphatic heterocycles. The van der Waals surface area contributed by atoms with Gasteiger partial charge in [0.05, 0.1) is 6.10 Å². The second-order valence-electron chi connectivity index (χ2n) is 6.06. The summed E-state index contributed by atoms with van der Waals surface area (Å²) in [5.74, 6) is -0.624. The standard InChI is InChI=1S/C17H20FN3O2/c1-20(11-13-4-2-5-16(13)22)17(23)12-6-7-15(14(18)10-12)21-9-3-8-19-21/h3,6-10,13,16,22H,2,4-5,11H2,1H3. The van der Waals surface area contributed by atoms with E-state index in [1.165, 1.54) is 10.7 Å². The summed E-state index contributed by atoms with van der Waals surface area (Å²) < 4.78 is 15.7. The van der Waals surface area contributed by atoms with Gasteiger partial charge in [-0.1, -0.05) is 6.42 Å². The summed E-state index contributed by atoms with van der Waals surface area (Å²) >= 11 is 0. The van der Waals surface area contributed by atoms with E-state index in [0.717, 1.165) is 19.3 Å². The summed E-state index contributed by atoms with van der Waals surface area (Å²) in [6.45, 7) is 0.489. The van der Waals surface area contributed by atoms with Gasteiger partial charge in [0.1, 0.15) is 11.5 Å². The number of amides is 1. The normalized spacial score (nSPS) is 20.7. The van der Waals surface area contributed by atoms with Gasteiger partial charge in [-0.3, -0.25) is 4.79 Å². The number of benzene rings is 1. The lowest BCUT2D eigenvalue weighted by Gasteiger charge is -2.23. The Morgan fingerprint density at radius 3 is 2.91 bits per heavy atom. The van der Waals surface area contributed by atoms with Crippen LogP contribution in [0.2, 0.25) is 0 Å². The van der Waals surface area contributed by atoms with Crippen molar-refractivity contribution >= 4 is 5.91 Å². The van der Waals surface area contributed by atoms with Gasteiger partial charge in [-0.2, -0.15) is 5.10 Å². The van der Waals surface area contributed by atoms with Gasteiger partial charge in [0.15, 0.2) is 0 Å². The molecule has 6 heteroatoms. The van der Waals surface area contributed by atoms with Crippen LogP contribution in [0.3, 0.4) is 0 Å². The van der Waals surface area contributed by atoms with E-state index in [1.807, 2.05) is 0 Å². The van der Waals surface area contributed by atoms with Gasteiger partial charge in [-0.15, -0.1) is 0 Å². The van der Waals surface area contributed by atoms with Gasteiger partial charge < -0.3 is 10.0 Å². The van der Waals surface area contributed by atoms with Crippen molar-refractivity contribution in [2.45, 2.75) is 25.4 Å². The molecule has 2 unspecified atom stereocenters. The third kappa shape index (κ3) is 3.27. The molecule has 1 aromatic carbocycles. The van der Waals surface area contributed by atoms with Crippen molar-refractivity contribution in [3.8, 4) is 5.69 Å². The monoisotopic (exact) mass is 317 g/mol. The molecule has 1 amide bonds. The molecular weight excluding hydrogens is 297 g/mol. The zero-order valence-electron chi connectivity index (χ0n) is 13.0. The number of halogens is 1. The highest BCUT2D eigenvalue weighted by Crippen LogP contribution is 2.26. The third-order valence-corrected chi connectivity index (χ3v) is 4.42. The lowest BCUT2D eigenvalue weighted by Crippen LogP contribution is -2.34. The molecule has 2 aromatic rings. The molecule has 0 spiro atoms. The highest BCUT2D eigenvalue weighted by atomic mass is 19.1. The fourth-order valence-corrected chi connectivity index (χ4v) is 3.12. The Kier molecular flexibility index (Phi) is 4.43. The molecule has 0 bridgehead atoms. The second-order valence-corrected chi connectivity index (χ2v) is 6.06. The minimum atomic E-state index is -0.492. The van der Waals surface area contributed by atoms with Gasteiger partial charge in [0, 0.05) is 37.5 Å². The van der Waals surface area contributed by atoms with E-state index in [-0.39, 0.29) is 17.9 Å². The maximum Gasteiger partial charge on any atom is 0.253 e. The maximum absolute atomic E-state index is 14.2. The summed E-state index contributed by atoms with van der Waals surface area (Å²) in [4.78, 5) is 14.0. The topological polar surface area (TPSA) is 58.4 Å². The zero-order valence-corrected chi connectivity index (χ0v) is 13.0. The summed E-state index contributed by atoms with van der Waals surface area (Å²) in [5, 5.41) is 13.9. The summed E-state index contributed by atoms with van der Waals surface area (Å²) in [6.07, 6.45) is 5.57. The van der Waals surface area contributed by atoms with Gasteiger partial charge in [-0.25, -0.2) is 9.07 Å². The summed E-state index contributed by atoms with van der Waals surface area (Å²) in [7, 11) is 1.69. The van der Waals surface area contributed by atoms with Crippen molar-refractivity contribution in [1.29, 1.82) is 0 Å². The number of nitrogens with zero attached hydrogens (tertiary/aromatic N) is 3. The van der Waals surface area contributed by atoms with Crippen molar-refractivity contribution in [3.05, 3.63) is 48.0 Å². The van der Waals surface area contributed by atoms with Crippen molar-refractivity contribution in [3.63, 3.8) is 0 Å². The average Bonchev–Trinajstić information content (AvgIpc) is 3.19. The number of hydrogen-bond acceptors (Lipinski definition) is 3. The first-order valence-corrected chi connectivity index (χ1v) is 7.79. The molecule has 1 aliphatic carbocycles. The number of hydrogen-bond donors (Lipinski definition) is 1. The molecule has 0 radical (unpaired) electrons. The van der Waals surface area contributed by atoms with E-state index in [0.29, 0.717) is 17.8 Å². The molecule has 1 heterocycles. The van der Waals surface area contributed by atoms with Crippen molar-refractivity contribution < 1.29 is 14.3 Å². The Hall–Kier alpha value is -2.21. The molecule has 1 saturated carbocycles. The lowest BCUT2D eigenvalue weighted by atomic mass is 10.1. The molecule has 1 N–H and O–H groups in total. The number of aliphatic hydroxyl groups is 1. The molecule has 23 heavy (non-hydrogen) atoms. The molecule has 0 saturated heterocycles. The number of rotatable bonds is 4. The second kappa shape index (κ2) is 6.50. The fourth-order valence-electron chi connectivity index (χ4n) is 3.12. The van der Waals surface area contributed by atoms with Gasteiger partial charge in [0.2, 0.25) is 0 Å². The van der Waals surface area contributed by atoms with Crippen LogP contribution in [0.25, 0.3) is 5.69 Å². The minimum Gasteiger partial charge on any atom is -0.393 e. The van der Waals surface area contributed by atoms with Crippen LogP contribution in [-0.2, 0) is 0 Å². The third-order valence-electron chi connectivity index (χ3n) is 4.42. The first-order chi connectivity index (χ1) is 11.1. The molecule has 1 aliphatic rings. The number of carbonyl (C=O) groups is 1. The van der Waals surface area contributed by atoms with Crippen molar-refractivity contribution in [2.75, 3.05) is 13.6 Å².